The molecule has 3 saturated carbocycles. The molecular formula is C22H34O2. The Balaban J connectivity index is 1.69. The predicted octanol–water partition coefficient (Wildman–Crippen LogP) is 4.76. The van der Waals surface area contributed by atoms with Gasteiger partial charge < -0.3 is 5.11 Å². The zero-order chi connectivity index (χ0) is 17.3. The van der Waals surface area contributed by atoms with Gasteiger partial charge in [-0.3, -0.25) is 4.79 Å². The number of hydrogen-bond donors (Lipinski definition) is 1. The third kappa shape index (κ3) is 2.08. The molecule has 0 spiro atoms. The van der Waals surface area contributed by atoms with E-state index in [2.05, 4.69) is 27.7 Å². The minimum Gasteiger partial charge on any atom is -0.392 e. The van der Waals surface area contributed by atoms with Crippen LogP contribution in [0.5, 0.6) is 0 Å². The number of aliphatic hydroxyl groups excluding tert-OH is 1. The maximum atomic E-state index is 11.9. The lowest BCUT2D eigenvalue weighted by molar-refractivity contribution is -0.128. The van der Waals surface area contributed by atoms with E-state index in [4.69, 9.17) is 0 Å². The molecule has 1 N–H and O–H groups in total. The number of ketones is 1. The highest BCUT2D eigenvalue weighted by atomic mass is 16.3. The Hall–Kier alpha value is -0.630. The van der Waals surface area contributed by atoms with Crippen molar-refractivity contribution in [3.05, 3.63) is 11.6 Å². The monoisotopic (exact) mass is 330 g/mol. The average molecular weight is 331 g/mol. The SMILES string of the molecule is CC(C)[C@H]1CC[C@H]2[C@@H]3CCC4=CC(=O)CC(O)[C@]4(C)[C@H]3CC[C@]12C. The van der Waals surface area contributed by atoms with E-state index < -0.39 is 6.10 Å². The van der Waals surface area contributed by atoms with Crippen molar-refractivity contribution in [2.45, 2.75) is 78.7 Å². The second-order valence-electron chi connectivity index (χ2n) is 10.0. The molecule has 4 aliphatic rings. The van der Waals surface area contributed by atoms with Gasteiger partial charge in [-0.15, -0.1) is 0 Å². The van der Waals surface area contributed by atoms with Crippen molar-refractivity contribution < 1.29 is 9.90 Å². The molecule has 1 unspecified atom stereocenters. The first-order valence-corrected chi connectivity index (χ1v) is 10.2. The van der Waals surface area contributed by atoms with Gasteiger partial charge in [0.15, 0.2) is 5.78 Å². The van der Waals surface area contributed by atoms with Gasteiger partial charge in [-0.05, 0) is 79.6 Å². The second kappa shape index (κ2) is 5.43. The lowest BCUT2D eigenvalue weighted by atomic mass is 9.46. The van der Waals surface area contributed by atoms with Gasteiger partial charge in [-0.2, -0.15) is 0 Å². The third-order valence-corrected chi connectivity index (χ3v) is 8.95. The smallest absolute Gasteiger partial charge is 0.158 e. The quantitative estimate of drug-likeness (QED) is 0.752. The fraction of sp³-hybridized carbons (Fsp3) is 0.864. The molecule has 2 nitrogen and oxygen atoms in total. The second-order valence-corrected chi connectivity index (χ2v) is 10.0. The highest BCUT2D eigenvalue weighted by molar-refractivity contribution is 5.92. The third-order valence-electron chi connectivity index (χ3n) is 8.95. The summed E-state index contributed by atoms with van der Waals surface area (Å²) in [5.74, 6) is 3.93. The summed E-state index contributed by atoms with van der Waals surface area (Å²) in [5.41, 5.74) is 1.62. The van der Waals surface area contributed by atoms with E-state index in [-0.39, 0.29) is 11.2 Å². The summed E-state index contributed by atoms with van der Waals surface area (Å²) in [6.45, 7) is 9.65. The molecule has 0 aromatic heterocycles. The van der Waals surface area contributed by atoms with Crippen molar-refractivity contribution in [3.63, 3.8) is 0 Å². The molecule has 4 rings (SSSR count). The van der Waals surface area contributed by atoms with Crippen LogP contribution in [0.15, 0.2) is 11.6 Å². The first-order valence-electron chi connectivity index (χ1n) is 10.2. The number of carbonyl (C=O) groups is 1. The molecule has 0 heterocycles. The van der Waals surface area contributed by atoms with Gasteiger partial charge in [0.1, 0.15) is 0 Å². The molecular weight excluding hydrogens is 296 g/mol. The van der Waals surface area contributed by atoms with Gasteiger partial charge in [0.2, 0.25) is 0 Å². The van der Waals surface area contributed by atoms with Crippen molar-refractivity contribution in [2.24, 2.45) is 40.4 Å². The van der Waals surface area contributed by atoms with Crippen molar-refractivity contribution in [3.8, 4) is 0 Å². The van der Waals surface area contributed by atoms with Crippen LogP contribution in [0.2, 0.25) is 0 Å². The molecule has 3 fully saturated rings. The van der Waals surface area contributed by atoms with E-state index >= 15 is 0 Å². The van der Waals surface area contributed by atoms with Crippen LogP contribution in [0.3, 0.4) is 0 Å². The van der Waals surface area contributed by atoms with Gasteiger partial charge in [0, 0.05) is 11.8 Å². The fourth-order valence-electron chi connectivity index (χ4n) is 7.74. The predicted molar refractivity (Wildman–Crippen MR) is 96.4 cm³/mol. The van der Waals surface area contributed by atoms with E-state index in [1.54, 1.807) is 0 Å². The van der Waals surface area contributed by atoms with E-state index in [1.165, 1.54) is 37.7 Å². The lowest BCUT2D eigenvalue weighted by Gasteiger charge is -2.59. The maximum absolute atomic E-state index is 11.9. The van der Waals surface area contributed by atoms with Crippen LogP contribution in [-0.2, 0) is 4.79 Å². The molecule has 2 heteroatoms. The van der Waals surface area contributed by atoms with Gasteiger partial charge in [0.25, 0.3) is 0 Å². The molecule has 0 aliphatic heterocycles. The van der Waals surface area contributed by atoms with Crippen LogP contribution >= 0.6 is 0 Å². The van der Waals surface area contributed by atoms with Gasteiger partial charge in [0.05, 0.1) is 6.10 Å². The van der Waals surface area contributed by atoms with Gasteiger partial charge in [-0.1, -0.05) is 33.3 Å². The largest absolute Gasteiger partial charge is 0.392 e. The molecule has 0 saturated heterocycles. The topological polar surface area (TPSA) is 37.3 Å². The zero-order valence-corrected chi connectivity index (χ0v) is 15.8. The van der Waals surface area contributed by atoms with Crippen LogP contribution in [0.25, 0.3) is 0 Å². The summed E-state index contributed by atoms with van der Waals surface area (Å²) < 4.78 is 0. The molecule has 4 aliphatic carbocycles. The Morgan fingerprint density at radius 2 is 1.88 bits per heavy atom. The Bertz CT molecular complexity index is 577. The molecule has 0 aromatic carbocycles. The van der Waals surface area contributed by atoms with E-state index in [9.17, 15) is 9.90 Å². The molecule has 0 amide bonds. The van der Waals surface area contributed by atoms with Crippen LogP contribution in [0, 0.1) is 40.4 Å². The Morgan fingerprint density at radius 3 is 2.58 bits per heavy atom. The Morgan fingerprint density at radius 1 is 1.12 bits per heavy atom. The van der Waals surface area contributed by atoms with Crippen LogP contribution in [0.1, 0.15) is 72.6 Å². The minimum absolute atomic E-state index is 0.134. The standard InChI is InChI=1S/C22H34O2/c1-13(2)17-7-8-18-16-6-5-14-11-15(23)12-20(24)22(14,4)19(16)9-10-21(17,18)3/h11,13,16-20,24H,5-10,12H2,1-4H3/t16-,17+,18-,19-,20?,21+,22-/m0/s1. The van der Waals surface area contributed by atoms with Crippen molar-refractivity contribution in [1.29, 1.82) is 0 Å². The Labute approximate surface area is 147 Å². The van der Waals surface area contributed by atoms with Crippen molar-refractivity contribution in [1.82, 2.24) is 0 Å². The number of fused-ring (bicyclic) bond motifs is 5. The van der Waals surface area contributed by atoms with Crippen LogP contribution < -0.4 is 0 Å². The number of aliphatic hydroxyl groups is 1. The summed E-state index contributed by atoms with van der Waals surface area (Å²) in [6, 6.07) is 0. The molecule has 24 heavy (non-hydrogen) atoms. The number of carbonyl (C=O) groups excluding carboxylic acids is 1. The Kier molecular flexibility index (Phi) is 3.81. The average Bonchev–Trinajstić information content (AvgIpc) is 2.86. The van der Waals surface area contributed by atoms with Crippen LogP contribution in [-0.4, -0.2) is 17.0 Å². The summed E-state index contributed by atoms with van der Waals surface area (Å²) >= 11 is 0. The number of hydrogen-bond acceptors (Lipinski definition) is 2. The zero-order valence-electron chi connectivity index (χ0n) is 15.8. The normalized spacial score (nSPS) is 51.0. The van der Waals surface area contributed by atoms with Gasteiger partial charge in [-0.25, -0.2) is 0 Å². The minimum atomic E-state index is -0.468. The summed E-state index contributed by atoms with van der Waals surface area (Å²) in [5, 5.41) is 10.9. The lowest BCUT2D eigenvalue weighted by Crippen LogP contribution is -2.55. The molecule has 134 valence electrons. The van der Waals surface area contributed by atoms with E-state index in [1.807, 2.05) is 6.08 Å². The van der Waals surface area contributed by atoms with Crippen LogP contribution in [0.4, 0.5) is 0 Å². The fourth-order valence-corrected chi connectivity index (χ4v) is 7.74. The van der Waals surface area contributed by atoms with Gasteiger partial charge >= 0.3 is 0 Å². The molecule has 0 bridgehead atoms. The van der Waals surface area contributed by atoms with E-state index in [0.717, 1.165) is 30.1 Å². The molecule has 0 aromatic rings. The molecule has 0 radical (unpaired) electrons. The summed E-state index contributed by atoms with van der Waals surface area (Å²) in [6.07, 6.45) is 9.33. The van der Waals surface area contributed by atoms with E-state index in [0.29, 0.717) is 17.8 Å². The van der Waals surface area contributed by atoms with Crippen molar-refractivity contribution in [2.75, 3.05) is 0 Å². The first-order chi connectivity index (χ1) is 11.3. The summed E-state index contributed by atoms with van der Waals surface area (Å²) in [4.78, 5) is 11.9. The van der Waals surface area contributed by atoms with Crippen molar-refractivity contribution >= 4 is 5.78 Å². The first kappa shape index (κ1) is 16.8. The highest BCUT2D eigenvalue weighted by Crippen LogP contribution is 2.67. The maximum Gasteiger partial charge on any atom is 0.158 e. The summed E-state index contributed by atoms with van der Waals surface area (Å²) in [7, 11) is 0. The highest BCUT2D eigenvalue weighted by Gasteiger charge is 2.60. The molecule has 7 atom stereocenters. The number of rotatable bonds is 1.